The van der Waals surface area contributed by atoms with Crippen molar-refractivity contribution >= 4 is 34.5 Å². The van der Waals surface area contributed by atoms with Crippen molar-refractivity contribution in [3.05, 3.63) is 115 Å². The highest BCUT2D eigenvalue weighted by Gasteiger charge is 2.52. The van der Waals surface area contributed by atoms with E-state index in [9.17, 15) is 0 Å². The molecule has 7 rings (SSSR count). The molecule has 0 saturated carbocycles. The quantitative estimate of drug-likeness (QED) is 0.217. The lowest BCUT2D eigenvalue weighted by atomic mass is 9.75. The van der Waals surface area contributed by atoms with Crippen LogP contribution in [0.25, 0.3) is 55.3 Å². The molecule has 196 valence electrons. The van der Waals surface area contributed by atoms with E-state index >= 15 is 0 Å². The normalized spacial score (nSPS) is 16.1. The smallest absolute Gasteiger partial charge is 0.455 e. The Labute approximate surface area is 235 Å². The van der Waals surface area contributed by atoms with Crippen LogP contribution in [0.15, 0.2) is 120 Å². The van der Waals surface area contributed by atoms with E-state index in [1.165, 1.54) is 0 Å². The Kier molecular flexibility index (Phi) is 5.74. The van der Waals surface area contributed by atoms with Crippen molar-refractivity contribution in [3.63, 3.8) is 0 Å². The van der Waals surface area contributed by atoms with Crippen LogP contribution in [0.2, 0.25) is 0 Å². The Morgan fingerprint density at radius 3 is 1.60 bits per heavy atom. The Morgan fingerprint density at radius 2 is 1.02 bits per heavy atom. The fourth-order valence-corrected chi connectivity index (χ4v) is 5.65. The number of hydrogen-bond donors (Lipinski definition) is 0. The van der Waals surface area contributed by atoms with Gasteiger partial charge in [0.05, 0.1) is 11.2 Å². The van der Waals surface area contributed by atoms with E-state index in [-0.39, 0.29) is 0 Å². The summed E-state index contributed by atoms with van der Waals surface area (Å²) in [4.78, 5) is 0. The zero-order valence-corrected chi connectivity index (χ0v) is 23.3. The van der Waals surface area contributed by atoms with Gasteiger partial charge >= 0.3 is 7.12 Å². The third-order valence-electron chi connectivity index (χ3n) is 8.54. The maximum Gasteiger partial charge on any atom is 0.495 e. The maximum atomic E-state index is 6.91. The molecule has 1 saturated heterocycles. The number of fused-ring (bicyclic) bond motifs is 3. The van der Waals surface area contributed by atoms with Gasteiger partial charge in [0, 0.05) is 21.9 Å². The van der Waals surface area contributed by atoms with Crippen molar-refractivity contribution < 1.29 is 13.7 Å². The summed E-state index contributed by atoms with van der Waals surface area (Å²) >= 11 is 0. The third-order valence-corrected chi connectivity index (χ3v) is 8.54. The summed E-state index contributed by atoms with van der Waals surface area (Å²) in [6.07, 6.45) is 0. The van der Waals surface area contributed by atoms with Crippen molar-refractivity contribution in [1.82, 2.24) is 0 Å². The summed E-state index contributed by atoms with van der Waals surface area (Å²) in [5, 5.41) is 2.09. The zero-order valence-electron chi connectivity index (χ0n) is 23.3. The number of hydrogen-bond acceptors (Lipinski definition) is 3. The second-order valence-corrected chi connectivity index (χ2v) is 11.6. The standard InChI is InChI=1S/C36H31BO3/c1-35(2)36(3,4)40-37(39-35)31-21-20-28(25-16-10-6-11-17-25)34-32(31)30-23-27(24-14-8-5-9-15-24)22-29(33(30)38-34)26-18-12-7-13-19-26/h5-23H,1-4H3. The zero-order chi connectivity index (χ0) is 27.5. The van der Waals surface area contributed by atoms with Crippen LogP contribution in [-0.2, 0) is 9.31 Å². The average molecular weight is 522 g/mol. The molecule has 6 aromatic rings. The van der Waals surface area contributed by atoms with E-state index in [0.29, 0.717) is 0 Å². The fraction of sp³-hybridized carbons (Fsp3) is 0.167. The molecule has 1 fully saturated rings. The number of rotatable bonds is 4. The van der Waals surface area contributed by atoms with Gasteiger partial charge in [-0.25, -0.2) is 0 Å². The molecular formula is C36H31BO3. The molecule has 5 aromatic carbocycles. The molecule has 1 aliphatic rings. The molecule has 0 bridgehead atoms. The van der Waals surface area contributed by atoms with E-state index in [2.05, 4.69) is 131 Å². The number of furan rings is 1. The average Bonchev–Trinajstić information content (AvgIpc) is 3.46. The molecular weight excluding hydrogens is 491 g/mol. The Bertz CT molecular complexity index is 1820. The first kappa shape index (κ1) is 24.9. The van der Waals surface area contributed by atoms with Gasteiger partial charge in [0.15, 0.2) is 0 Å². The van der Waals surface area contributed by atoms with Gasteiger partial charge in [0.2, 0.25) is 0 Å². The molecule has 0 radical (unpaired) electrons. The van der Waals surface area contributed by atoms with Crippen LogP contribution >= 0.6 is 0 Å². The third kappa shape index (κ3) is 3.99. The summed E-state index contributed by atoms with van der Waals surface area (Å²) < 4.78 is 20.1. The van der Waals surface area contributed by atoms with Crippen LogP contribution in [-0.4, -0.2) is 18.3 Å². The summed E-state index contributed by atoms with van der Waals surface area (Å²) in [7, 11) is -0.515. The predicted octanol–water partition coefficient (Wildman–Crippen LogP) is 8.89. The summed E-state index contributed by atoms with van der Waals surface area (Å²) in [5.41, 5.74) is 8.41. The van der Waals surface area contributed by atoms with Crippen molar-refractivity contribution in [2.24, 2.45) is 0 Å². The van der Waals surface area contributed by atoms with Crippen molar-refractivity contribution in [2.75, 3.05) is 0 Å². The summed E-state index contributed by atoms with van der Waals surface area (Å²) in [6.45, 7) is 8.38. The van der Waals surface area contributed by atoms with Crippen LogP contribution in [0.4, 0.5) is 0 Å². The highest BCUT2D eigenvalue weighted by Crippen LogP contribution is 2.43. The molecule has 0 aliphatic carbocycles. The van der Waals surface area contributed by atoms with E-state index in [4.69, 9.17) is 13.7 Å². The van der Waals surface area contributed by atoms with Crippen molar-refractivity contribution in [1.29, 1.82) is 0 Å². The lowest BCUT2D eigenvalue weighted by molar-refractivity contribution is 0.00578. The lowest BCUT2D eigenvalue weighted by Crippen LogP contribution is -2.41. The first-order valence-electron chi connectivity index (χ1n) is 13.9. The second-order valence-electron chi connectivity index (χ2n) is 11.6. The minimum absolute atomic E-state index is 0.452. The molecule has 2 heterocycles. The molecule has 1 aliphatic heterocycles. The molecule has 0 spiro atoms. The molecule has 0 atom stereocenters. The van der Waals surface area contributed by atoms with Gasteiger partial charge in [-0.3, -0.25) is 0 Å². The molecule has 4 heteroatoms. The SMILES string of the molecule is CC1(C)OB(c2ccc(-c3ccccc3)c3oc4c(-c5ccccc5)cc(-c5ccccc5)cc4c23)OC1(C)C. The van der Waals surface area contributed by atoms with Gasteiger partial charge in [-0.15, -0.1) is 0 Å². The molecule has 3 nitrogen and oxygen atoms in total. The van der Waals surface area contributed by atoms with Crippen molar-refractivity contribution in [2.45, 2.75) is 38.9 Å². The van der Waals surface area contributed by atoms with Gasteiger partial charge in [0.25, 0.3) is 0 Å². The summed E-state index contributed by atoms with van der Waals surface area (Å²) in [5.74, 6) is 0. The largest absolute Gasteiger partial charge is 0.495 e. The van der Waals surface area contributed by atoms with Gasteiger partial charge in [-0.05, 0) is 67.5 Å². The highest BCUT2D eigenvalue weighted by atomic mass is 16.7. The van der Waals surface area contributed by atoms with Crippen LogP contribution in [0, 0.1) is 0 Å². The number of benzene rings is 5. The molecule has 1 aromatic heterocycles. The Morgan fingerprint density at radius 1 is 0.500 bits per heavy atom. The van der Waals surface area contributed by atoms with Crippen molar-refractivity contribution in [3.8, 4) is 33.4 Å². The molecule has 0 amide bonds. The molecule has 0 N–H and O–H groups in total. The van der Waals surface area contributed by atoms with Gasteiger partial charge in [-0.2, -0.15) is 0 Å². The van der Waals surface area contributed by atoms with E-state index in [1.807, 2.05) is 12.1 Å². The minimum Gasteiger partial charge on any atom is -0.455 e. The second kappa shape index (κ2) is 9.23. The monoisotopic (exact) mass is 522 g/mol. The lowest BCUT2D eigenvalue weighted by Gasteiger charge is -2.32. The summed E-state index contributed by atoms with van der Waals surface area (Å²) in [6, 6.07) is 40.2. The Hall–Kier alpha value is -4.12. The van der Waals surface area contributed by atoms with E-state index < -0.39 is 18.3 Å². The first-order chi connectivity index (χ1) is 19.3. The maximum absolute atomic E-state index is 6.91. The van der Waals surface area contributed by atoms with Crippen LogP contribution in [0.3, 0.4) is 0 Å². The Balaban J connectivity index is 1.59. The fourth-order valence-electron chi connectivity index (χ4n) is 5.65. The van der Waals surface area contributed by atoms with E-state index in [1.54, 1.807) is 0 Å². The van der Waals surface area contributed by atoms with Crippen LogP contribution < -0.4 is 5.46 Å². The molecule has 0 unspecified atom stereocenters. The highest BCUT2D eigenvalue weighted by molar-refractivity contribution is 6.66. The van der Waals surface area contributed by atoms with Gasteiger partial charge in [-0.1, -0.05) is 103 Å². The predicted molar refractivity (Wildman–Crippen MR) is 166 cm³/mol. The minimum atomic E-state index is -0.515. The van der Waals surface area contributed by atoms with E-state index in [0.717, 1.165) is 60.8 Å². The van der Waals surface area contributed by atoms with Crippen LogP contribution in [0.1, 0.15) is 27.7 Å². The first-order valence-corrected chi connectivity index (χ1v) is 13.9. The van der Waals surface area contributed by atoms with Crippen LogP contribution in [0.5, 0.6) is 0 Å². The topological polar surface area (TPSA) is 31.6 Å². The van der Waals surface area contributed by atoms with Gasteiger partial charge < -0.3 is 13.7 Å². The van der Waals surface area contributed by atoms with Gasteiger partial charge in [0.1, 0.15) is 11.2 Å². The molecule has 40 heavy (non-hydrogen) atoms.